The number of carbonyl (C=O) groups excluding carboxylic acids is 2. The standard InChI is InChI=1S/C8H12N4O3/c1-15-8(14)2-3-9-7(13)6-12-5-4-10-11-12/h4-5H,2-3,6H2,1H3,(H,9,13). The Morgan fingerprint density at radius 1 is 1.53 bits per heavy atom. The third kappa shape index (κ3) is 4.21. The average Bonchev–Trinajstić information content (AvgIpc) is 2.70. The van der Waals surface area contributed by atoms with E-state index in [9.17, 15) is 9.59 Å². The minimum absolute atomic E-state index is 0.0984. The fraction of sp³-hybridized carbons (Fsp3) is 0.500. The van der Waals surface area contributed by atoms with Gasteiger partial charge >= 0.3 is 5.97 Å². The molecule has 0 aliphatic carbocycles. The van der Waals surface area contributed by atoms with Crippen molar-refractivity contribution in [2.75, 3.05) is 13.7 Å². The van der Waals surface area contributed by atoms with Gasteiger partial charge in [-0.2, -0.15) is 0 Å². The summed E-state index contributed by atoms with van der Waals surface area (Å²) >= 11 is 0. The van der Waals surface area contributed by atoms with Crippen LogP contribution in [0.15, 0.2) is 12.4 Å². The van der Waals surface area contributed by atoms with Crippen LogP contribution < -0.4 is 5.32 Å². The molecule has 7 nitrogen and oxygen atoms in total. The molecule has 1 N–H and O–H groups in total. The Kier molecular flexibility index (Phi) is 4.27. The van der Waals surface area contributed by atoms with Gasteiger partial charge in [-0.05, 0) is 0 Å². The summed E-state index contributed by atoms with van der Waals surface area (Å²) in [6.45, 7) is 0.362. The molecule has 0 aliphatic heterocycles. The van der Waals surface area contributed by atoms with Crippen molar-refractivity contribution in [2.24, 2.45) is 0 Å². The fourth-order valence-corrected chi connectivity index (χ4v) is 0.926. The summed E-state index contributed by atoms with van der Waals surface area (Å²) in [6, 6.07) is 0. The van der Waals surface area contributed by atoms with Crippen LogP contribution in [0.25, 0.3) is 0 Å². The molecule has 1 aromatic rings. The van der Waals surface area contributed by atoms with Crippen LogP contribution in [-0.2, 0) is 20.9 Å². The molecular weight excluding hydrogens is 200 g/mol. The average molecular weight is 212 g/mol. The molecule has 0 unspecified atom stereocenters. The Morgan fingerprint density at radius 3 is 2.93 bits per heavy atom. The van der Waals surface area contributed by atoms with E-state index in [-0.39, 0.29) is 31.4 Å². The summed E-state index contributed by atoms with van der Waals surface area (Å²) in [5, 5.41) is 9.74. The van der Waals surface area contributed by atoms with Crippen LogP contribution in [0.5, 0.6) is 0 Å². The number of nitrogens with one attached hydrogen (secondary N) is 1. The van der Waals surface area contributed by atoms with Crippen LogP contribution >= 0.6 is 0 Å². The number of amides is 1. The number of rotatable bonds is 5. The van der Waals surface area contributed by atoms with Crippen molar-refractivity contribution in [1.29, 1.82) is 0 Å². The zero-order valence-corrected chi connectivity index (χ0v) is 8.34. The van der Waals surface area contributed by atoms with Crippen molar-refractivity contribution in [2.45, 2.75) is 13.0 Å². The Morgan fingerprint density at radius 2 is 2.33 bits per heavy atom. The highest BCUT2D eigenvalue weighted by Crippen LogP contribution is 1.84. The third-order valence-electron chi connectivity index (χ3n) is 1.66. The Balaban J connectivity index is 2.17. The maximum atomic E-state index is 11.2. The van der Waals surface area contributed by atoms with Gasteiger partial charge < -0.3 is 10.1 Å². The number of hydrogen-bond donors (Lipinski definition) is 1. The van der Waals surface area contributed by atoms with Gasteiger partial charge in [0.05, 0.1) is 19.7 Å². The van der Waals surface area contributed by atoms with Crippen molar-refractivity contribution in [3.05, 3.63) is 12.4 Å². The maximum Gasteiger partial charge on any atom is 0.307 e. The van der Waals surface area contributed by atoms with E-state index < -0.39 is 0 Å². The molecule has 1 rings (SSSR count). The van der Waals surface area contributed by atoms with Gasteiger partial charge in [-0.25, -0.2) is 4.68 Å². The van der Waals surface area contributed by atoms with Crippen LogP contribution in [0.2, 0.25) is 0 Å². The van der Waals surface area contributed by atoms with Crippen molar-refractivity contribution >= 4 is 11.9 Å². The molecule has 0 radical (unpaired) electrons. The smallest absolute Gasteiger partial charge is 0.307 e. The molecule has 15 heavy (non-hydrogen) atoms. The van der Waals surface area contributed by atoms with Crippen molar-refractivity contribution in [1.82, 2.24) is 20.3 Å². The van der Waals surface area contributed by atoms with E-state index in [0.717, 1.165) is 0 Å². The molecule has 0 saturated heterocycles. The fourth-order valence-electron chi connectivity index (χ4n) is 0.926. The Labute approximate surface area is 86.4 Å². The van der Waals surface area contributed by atoms with E-state index in [1.54, 1.807) is 6.20 Å². The number of hydrogen-bond acceptors (Lipinski definition) is 5. The van der Waals surface area contributed by atoms with Crippen LogP contribution in [0, 0.1) is 0 Å². The van der Waals surface area contributed by atoms with Gasteiger partial charge in [0.2, 0.25) is 5.91 Å². The largest absolute Gasteiger partial charge is 0.469 e. The lowest BCUT2D eigenvalue weighted by atomic mass is 10.4. The van der Waals surface area contributed by atoms with Crippen molar-refractivity contribution < 1.29 is 14.3 Å². The SMILES string of the molecule is COC(=O)CCNC(=O)Cn1ccnn1. The second-order valence-corrected chi connectivity index (χ2v) is 2.78. The Bertz CT molecular complexity index is 323. The molecule has 82 valence electrons. The van der Waals surface area contributed by atoms with Crippen LogP contribution in [-0.4, -0.2) is 40.5 Å². The van der Waals surface area contributed by atoms with Crippen molar-refractivity contribution in [3.63, 3.8) is 0 Å². The summed E-state index contributed by atoms with van der Waals surface area (Å²) in [5.74, 6) is -0.569. The van der Waals surface area contributed by atoms with Gasteiger partial charge in [-0.1, -0.05) is 5.21 Å². The van der Waals surface area contributed by atoms with E-state index in [0.29, 0.717) is 0 Å². The molecule has 1 aromatic heterocycles. The predicted molar refractivity (Wildman–Crippen MR) is 49.7 cm³/mol. The summed E-state index contributed by atoms with van der Waals surface area (Å²) < 4.78 is 5.82. The van der Waals surface area contributed by atoms with Gasteiger partial charge in [0.25, 0.3) is 0 Å². The molecule has 7 heteroatoms. The summed E-state index contributed by atoms with van der Waals surface area (Å²) in [4.78, 5) is 21.9. The molecule has 0 fully saturated rings. The quantitative estimate of drug-likeness (QED) is 0.630. The zero-order chi connectivity index (χ0) is 11.1. The second kappa shape index (κ2) is 5.74. The highest BCUT2D eigenvalue weighted by atomic mass is 16.5. The number of nitrogens with zero attached hydrogens (tertiary/aromatic N) is 3. The number of esters is 1. The van der Waals surface area contributed by atoms with Gasteiger partial charge in [-0.15, -0.1) is 5.10 Å². The van der Waals surface area contributed by atoms with E-state index >= 15 is 0 Å². The van der Waals surface area contributed by atoms with Gasteiger partial charge in [0, 0.05) is 12.7 Å². The molecule has 0 saturated carbocycles. The third-order valence-corrected chi connectivity index (χ3v) is 1.66. The minimum Gasteiger partial charge on any atom is -0.469 e. The zero-order valence-electron chi connectivity index (χ0n) is 8.34. The first kappa shape index (κ1) is 11.2. The summed E-state index contributed by atoms with van der Waals surface area (Å²) in [6.07, 6.45) is 3.24. The highest BCUT2D eigenvalue weighted by Gasteiger charge is 2.04. The predicted octanol–water partition coefficient (Wildman–Crippen LogP) is -1.04. The molecule has 0 atom stereocenters. The molecule has 0 bridgehead atoms. The lowest BCUT2D eigenvalue weighted by Gasteiger charge is -2.03. The van der Waals surface area contributed by atoms with E-state index in [2.05, 4.69) is 20.4 Å². The first-order valence-electron chi connectivity index (χ1n) is 4.40. The monoisotopic (exact) mass is 212 g/mol. The topological polar surface area (TPSA) is 86.1 Å². The first-order chi connectivity index (χ1) is 7.22. The molecule has 0 aromatic carbocycles. The van der Waals surface area contributed by atoms with Crippen LogP contribution in [0.4, 0.5) is 0 Å². The molecular formula is C8H12N4O3. The number of carbonyl (C=O) groups is 2. The van der Waals surface area contributed by atoms with E-state index in [1.165, 1.54) is 18.0 Å². The number of ether oxygens (including phenoxy) is 1. The normalized spacial score (nSPS) is 9.67. The van der Waals surface area contributed by atoms with Gasteiger partial charge in [-0.3, -0.25) is 9.59 Å². The molecule has 1 amide bonds. The number of methoxy groups -OCH3 is 1. The van der Waals surface area contributed by atoms with Crippen LogP contribution in [0.1, 0.15) is 6.42 Å². The lowest BCUT2D eigenvalue weighted by molar-refractivity contribution is -0.140. The first-order valence-corrected chi connectivity index (χ1v) is 4.40. The Hall–Kier alpha value is -1.92. The molecule has 1 heterocycles. The number of aromatic nitrogens is 3. The summed E-state index contributed by atoms with van der Waals surface area (Å²) in [7, 11) is 1.31. The lowest BCUT2D eigenvalue weighted by Crippen LogP contribution is -2.29. The van der Waals surface area contributed by atoms with Gasteiger partial charge in [0.1, 0.15) is 6.54 Å². The van der Waals surface area contributed by atoms with Gasteiger partial charge in [0.15, 0.2) is 0 Å². The molecule has 0 aliphatic rings. The summed E-state index contributed by atoms with van der Waals surface area (Å²) in [5.41, 5.74) is 0. The minimum atomic E-state index is -0.351. The second-order valence-electron chi connectivity index (χ2n) is 2.78. The van der Waals surface area contributed by atoms with E-state index in [4.69, 9.17) is 0 Å². The van der Waals surface area contributed by atoms with E-state index in [1.807, 2.05) is 0 Å². The maximum absolute atomic E-state index is 11.2. The highest BCUT2D eigenvalue weighted by molar-refractivity contribution is 5.76. The van der Waals surface area contributed by atoms with Crippen LogP contribution in [0.3, 0.4) is 0 Å². The van der Waals surface area contributed by atoms with Crippen molar-refractivity contribution in [3.8, 4) is 0 Å². The molecule has 0 spiro atoms.